The number of benzene rings is 2. The first-order valence-corrected chi connectivity index (χ1v) is 15.4. The van der Waals surface area contributed by atoms with E-state index >= 15 is 0 Å². The predicted molar refractivity (Wildman–Crippen MR) is 151 cm³/mol. The van der Waals surface area contributed by atoms with E-state index in [1.807, 2.05) is 0 Å². The molecule has 2 N–H and O–H groups in total. The monoisotopic (exact) mass is 614 g/mol. The lowest BCUT2D eigenvalue weighted by atomic mass is 9.68. The summed E-state index contributed by atoms with van der Waals surface area (Å²) in [6.45, 7) is 0.299. The van der Waals surface area contributed by atoms with E-state index in [1.165, 1.54) is 17.4 Å². The molecule has 0 amide bonds. The van der Waals surface area contributed by atoms with Gasteiger partial charge in [-0.15, -0.1) is 11.3 Å². The summed E-state index contributed by atoms with van der Waals surface area (Å²) >= 11 is 14.2. The van der Waals surface area contributed by atoms with Crippen molar-refractivity contribution in [2.45, 2.75) is 62.8 Å². The van der Waals surface area contributed by atoms with E-state index in [0.29, 0.717) is 62.3 Å². The summed E-state index contributed by atoms with van der Waals surface area (Å²) in [7, 11) is 0. The third-order valence-corrected chi connectivity index (χ3v) is 11.5. The van der Waals surface area contributed by atoms with Gasteiger partial charge in [0.1, 0.15) is 27.6 Å². The maximum atomic E-state index is 14.8. The molecule has 8 rings (SSSR count). The number of ether oxygens (including phenoxy) is 1. The van der Waals surface area contributed by atoms with E-state index in [9.17, 15) is 19.4 Å². The zero-order valence-electron chi connectivity index (χ0n) is 21.7. The molecule has 41 heavy (non-hydrogen) atoms. The number of hydrogen-bond donors (Lipinski definition) is 2. The van der Waals surface area contributed by atoms with Crippen LogP contribution in [0.2, 0.25) is 10.0 Å². The highest BCUT2D eigenvalue weighted by atomic mass is 35.5. The van der Waals surface area contributed by atoms with Crippen LogP contribution in [-0.2, 0) is 16.9 Å². The molecule has 212 valence electrons. The zero-order chi connectivity index (χ0) is 28.3. The molecule has 2 aromatic carbocycles. The van der Waals surface area contributed by atoms with Gasteiger partial charge < -0.3 is 19.5 Å². The second kappa shape index (κ2) is 8.97. The number of rotatable bonds is 7. The highest BCUT2D eigenvalue weighted by Crippen LogP contribution is 2.79. The lowest BCUT2D eigenvalue weighted by Gasteiger charge is -2.44. The largest absolute Gasteiger partial charge is 0.478 e. The van der Waals surface area contributed by atoms with Gasteiger partial charge in [0.2, 0.25) is 0 Å². The summed E-state index contributed by atoms with van der Waals surface area (Å²) in [4.78, 5) is 16.0. The average molecular weight is 616 g/mol. The molecule has 4 saturated carbocycles. The van der Waals surface area contributed by atoms with Crippen molar-refractivity contribution < 1.29 is 28.7 Å². The maximum absolute atomic E-state index is 14.8. The number of aliphatic hydroxyl groups is 1. The molecule has 11 heteroatoms. The Balaban J connectivity index is 1.08. The van der Waals surface area contributed by atoms with Crippen molar-refractivity contribution in [3.05, 3.63) is 68.1 Å². The van der Waals surface area contributed by atoms with Crippen molar-refractivity contribution in [2.24, 2.45) is 17.3 Å². The number of carboxylic acid groups (broad SMARTS) is 1. The fourth-order valence-corrected chi connectivity index (χ4v) is 9.47. The predicted octanol–water partition coefficient (Wildman–Crippen LogP) is 7.57. The van der Waals surface area contributed by atoms with E-state index in [1.54, 1.807) is 18.2 Å². The molecule has 0 aliphatic heterocycles. The highest BCUT2D eigenvalue weighted by Gasteiger charge is 2.77. The van der Waals surface area contributed by atoms with Crippen LogP contribution in [-0.4, -0.2) is 32.4 Å². The van der Waals surface area contributed by atoms with Gasteiger partial charge in [0.25, 0.3) is 0 Å². The van der Waals surface area contributed by atoms with E-state index in [2.05, 4.69) is 10.1 Å². The summed E-state index contributed by atoms with van der Waals surface area (Å²) in [5, 5.41) is 27.5. The molecule has 4 aliphatic rings. The standard InChI is InChI=1S/C30H25Cl2FN2O5S/c31-19-2-1-3-20(32)23(19)24-18(26(40-35-24)13-4-5-13)12-39-17-9-15-8-16-10-29(16,11-17)30(15,38)28-34-25-21(33)6-14(27(36)37)7-22(25)41-28/h1-3,6-7,13,15-17,38H,4-5,8-12H2,(H,36,37)/t15-,16?,17-,29+,30-/m1/s1. The van der Waals surface area contributed by atoms with Crippen LogP contribution in [0.5, 0.6) is 0 Å². The minimum absolute atomic E-state index is 0.0889. The summed E-state index contributed by atoms with van der Waals surface area (Å²) < 4.78 is 27.6. The molecule has 2 heterocycles. The van der Waals surface area contributed by atoms with Gasteiger partial charge in [0.05, 0.1) is 33.0 Å². The number of aromatic nitrogens is 2. The Morgan fingerprint density at radius 3 is 2.66 bits per heavy atom. The second-order valence-electron chi connectivity index (χ2n) is 12.0. The molecule has 2 aromatic heterocycles. The second-order valence-corrected chi connectivity index (χ2v) is 13.8. The Kier molecular flexibility index (Phi) is 5.71. The lowest BCUT2D eigenvalue weighted by molar-refractivity contribution is -0.138. The van der Waals surface area contributed by atoms with Crippen molar-refractivity contribution in [3.8, 4) is 11.3 Å². The van der Waals surface area contributed by atoms with E-state index in [0.717, 1.165) is 43.1 Å². The zero-order valence-corrected chi connectivity index (χ0v) is 24.0. The Morgan fingerprint density at radius 2 is 1.95 bits per heavy atom. The van der Waals surface area contributed by atoms with Crippen LogP contribution in [0.25, 0.3) is 21.5 Å². The SMILES string of the molecule is O=C(O)c1cc(F)c2nc([C@]3(O)[C@@H]4CC5C[C@]53C[C@H](OCc3c(-c5c(Cl)cccc5Cl)noc3C3CC3)C4)sc2c1. The van der Waals surface area contributed by atoms with E-state index in [-0.39, 0.29) is 28.5 Å². The first-order valence-electron chi connectivity index (χ1n) is 13.8. The topological polar surface area (TPSA) is 106 Å². The number of aromatic carboxylic acids is 1. The Hall–Kier alpha value is -2.56. The van der Waals surface area contributed by atoms with Crippen LogP contribution in [0.4, 0.5) is 4.39 Å². The Morgan fingerprint density at radius 1 is 1.17 bits per heavy atom. The summed E-state index contributed by atoms with van der Waals surface area (Å²) in [6.07, 6.45) is 5.01. The molecule has 1 unspecified atom stereocenters. The minimum atomic E-state index is -1.20. The van der Waals surface area contributed by atoms with Crippen LogP contribution >= 0.6 is 34.5 Å². The third-order valence-electron chi connectivity index (χ3n) is 9.74. The molecule has 5 atom stereocenters. The van der Waals surface area contributed by atoms with Crippen molar-refractivity contribution >= 4 is 50.7 Å². The first-order chi connectivity index (χ1) is 19.7. The van der Waals surface area contributed by atoms with Crippen molar-refractivity contribution in [1.82, 2.24) is 10.1 Å². The van der Waals surface area contributed by atoms with Crippen molar-refractivity contribution in [1.29, 1.82) is 0 Å². The fourth-order valence-electron chi connectivity index (χ4n) is 7.60. The third kappa shape index (κ3) is 3.79. The molecule has 4 aromatic rings. The van der Waals surface area contributed by atoms with Gasteiger partial charge in [-0.25, -0.2) is 14.2 Å². The minimum Gasteiger partial charge on any atom is -0.478 e. The van der Waals surface area contributed by atoms with E-state index < -0.39 is 17.4 Å². The number of halogens is 3. The fraction of sp³-hybridized carbons (Fsp3) is 0.433. The van der Waals surface area contributed by atoms with Crippen LogP contribution in [0, 0.1) is 23.1 Å². The van der Waals surface area contributed by atoms with Gasteiger partial charge in [-0.2, -0.15) is 0 Å². The molecule has 4 aliphatic carbocycles. The quantitative estimate of drug-likeness (QED) is 0.221. The van der Waals surface area contributed by atoms with Gasteiger partial charge in [0.15, 0.2) is 5.82 Å². The van der Waals surface area contributed by atoms with Gasteiger partial charge in [-0.3, -0.25) is 0 Å². The number of nitrogens with zero attached hydrogens (tertiary/aromatic N) is 2. The van der Waals surface area contributed by atoms with E-state index in [4.69, 9.17) is 32.5 Å². The molecular weight excluding hydrogens is 590 g/mol. The van der Waals surface area contributed by atoms with Crippen molar-refractivity contribution in [3.63, 3.8) is 0 Å². The number of carboxylic acids is 1. The molecule has 0 radical (unpaired) electrons. The summed E-state index contributed by atoms with van der Waals surface area (Å²) in [5.74, 6) is -0.481. The molecule has 0 saturated heterocycles. The first kappa shape index (κ1) is 26.1. The van der Waals surface area contributed by atoms with Crippen molar-refractivity contribution in [2.75, 3.05) is 0 Å². The molecule has 7 nitrogen and oxygen atoms in total. The van der Waals surface area contributed by atoms with Gasteiger partial charge in [-0.1, -0.05) is 34.4 Å². The number of carbonyl (C=O) groups is 1. The normalized spacial score (nSPS) is 30.1. The van der Waals surface area contributed by atoms with Gasteiger partial charge in [-0.05, 0) is 74.6 Å². The summed E-state index contributed by atoms with van der Waals surface area (Å²) in [5.41, 5.74) is 0.525. The number of fused-ring (bicyclic) bond motifs is 2. The van der Waals surface area contributed by atoms with Crippen LogP contribution < -0.4 is 0 Å². The smallest absolute Gasteiger partial charge is 0.335 e. The number of hydrogen-bond acceptors (Lipinski definition) is 7. The highest BCUT2D eigenvalue weighted by molar-refractivity contribution is 7.18. The lowest BCUT2D eigenvalue weighted by Crippen LogP contribution is -2.48. The van der Waals surface area contributed by atoms with Crippen LogP contribution in [0.1, 0.15) is 71.1 Å². The number of thiazole rings is 1. The van der Waals surface area contributed by atoms with Crippen LogP contribution in [0.15, 0.2) is 34.9 Å². The Labute approximate surface area is 248 Å². The molecular formula is C30H25Cl2FN2O5S. The van der Waals surface area contributed by atoms with Gasteiger partial charge >= 0.3 is 5.97 Å². The Bertz CT molecular complexity index is 1730. The molecule has 2 bridgehead atoms. The molecule has 1 spiro atoms. The average Bonchev–Trinajstić information content (AvgIpc) is 3.78. The molecule has 4 fully saturated rings. The van der Waals surface area contributed by atoms with Gasteiger partial charge in [0, 0.05) is 22.5 Å². The maximum Gasteiger partial charge on any atom is 0.335 e. The van der Waals surface area contributed by atoms with Crippen LogP contribution in [0.3, 0.4) is 0 Å². The summed E-state index contributed by atoms with van der Waals surface area (Å²) in [6, 6.07) is 7.77.